The Morgan fingerprint density at radius 1 is 0.872 bits per heavy atom. The minimum atomic E-state index is -0.945. The normalized spacial score (nSPS) is 10.9. The molecule has 5 rings (SSSR count). The second-order valence-corrected chi connectivity index (χ2v) is 9.02. The summed E-state index contributed by atoms with van der Waals surface area (Å²) in [5.74, 6) is 0.901. The van der Waals surface area contributed by atoms with E-state index >= 15 is 0 Å². The van der Waals surface area contributed by atoms with E-state index in [1.807, 2.05) is 55.5 Å². The maximum Gasteiger partial charge on any atom is 0.335 e. The first-order chi connectivity index (χ1) is 19.1. The minimum absolute atomic E-state index is 0.256. The standard InChI is InChI=1S/C30H28N6O3/c1-3-26-25(17-19-9-15-22(16-10-19)30(37)38)29(32-27(4-2)31-26)39-18-20-11-13-21(14-12-20)23-7-5-6-8-24(23)28-33-35-36-34-28/h5-16H,3-4,17-18H2,1-2H3,(H,37,38)(H,33,34,35,36). The van der Waals surface area contributed by atoms with Crippen molar-refractivity contribution in [3.8, 4) is 28.4 Å². The number of hydrogen-bond donors (Lipinski definition) is 2. The van der Waals surface area contributed by atoms with Gasteiger partial charge in [-0.3, -0.25) is 0 Å². The number of nitrogens with one attached hydrogen (secondary N) is 1. The highest BCUT2D eigenvalue weighted by Crippen LogP contribution is 2.30. The summed E-state index contributed by atoms with van der Waals surface area (Å²) in [5.41, 5.74) is 7.03. The van der Waals surface area contributed by atoms with Crippen LogP contribution in [0.25, 0.3) is 22.5 Å². The number of carboxylic acid groups (broad SMARTS) is 1. The number of aromatic nitrogens is 6. The molecule has 0 fully saturated rings. The first kappa shape index (κ1) is 25.7. The zero-order valence-corrected chi connectivity index (χ0v) is 21.8. The van der Waals surface area contributed by atoms with E-state index in [9.17, 15) is 9.90 Å². The van der Waals surface area contributed by atoms with Crippen LogP contribution in [0.5, 0.6) is 5.88 Å². The monoisotopic (exact) mass is 520 g/mol. The number of tetrazole rings is 1. The summed E-state index contributed by atoms with van der Waals surface area (Å²) in [5, 5.41) is 23.7. The Hall–Kier alpha value is -4.92. The Labute approximate surface area is 225 Å². The van der Waals surface area contributed by atoms with Gasteiger partial charge in [0, 0.05) is 24.0 Å². The van der Waals surface area contributed by atoms with Gasteiger partial charge in [0.1, 0.15) is 12.4 Å². The lowest BCUT2D eigenvalue weighted by atomic mass is 9.98. The SMILES string of the molecule is CCc1nc(CC)c(Cc2ccc(C(=O)O)cc2)c(OCc2ccc(-c3ccccc3-c3nn[nH]n3)cc2)n1. The Balaban J connectivity index is 1.38. The van der Waals surface area contributed by atoms with Crippen molar-refractivity contribution in [1.82, 2.24) is 30.6 Å². The number of ether oxygens (including phenoxy) is 1. The van der Waals surface area contributed by atoms with E-state index in [4.69, 9.17) is 14.7 Å². The Bertz CT molecular complexity index is 1570. The third-order valence-electron chi connectivity index (χ3n) is 6.49. The lowest BCUT2D eigenvalue weighted by Crippen LogP contribution is -2.10. The molecule has 0 spiro atoms. The first-order valence-corrected chi connectivity index (χ1v) is 12.8. The summed E-state index contributed by atoms with van der Waals surface area (Å²) in [6, 6.07) is 23.0. The summed E-state index contributed by atoms with van der Waals surface area (Å²) in [6.07, 6.45) is 1.99. The number of aryl methyl sites for hydroxylation is 2. The number of rotatable bonds is 10. The first-order valence-electron chi connectivity index (χ1n) is 12.8. The second-order valence-electron chi connectivity index (χ2n) is 9.02. The van der Waals surface area contributed by atoms with Crippen LogP contribution in [0.3, 0.4) is 0 Å². The van der Waals surface area contributed by atoms with E-state index in [2.05, 4.69) is 39.7 Å². The van der Waals surface area contributed by atoms with Crippen molar-refractivity contribution < 1.29 is 14.6 Å². The van der Waals surface area contributed by atoms with Crippen LogP contribution in [0.4, 0.5) is 0 Å². The van der Waals surface area contributed by atoms with E-state index in [1.54, 1.807) is 12.1 Å². The molecule has 39 heavy (non-hydrogen) atoms. The number of aromatic carboxylic acids is 1. The largest absolute Gasteiger partial charge is 0.478 e. The molecule has 0 bridgehead atoms. The number of carbonyl (C=O) groups is 1. The van der Waals surface area contributed by atoms with Gasteiger partial charge in [-0.1, -0.05) is 74.5 Å². The molecule has 0 amide bonds. The molecule has 0 radical (unpaired) electrons. The summed E-state index contributed by atoms with van der Waals surface area (Å²) in [4.78, 5) is 20.7. The van der Waals surface area contributed by atoms with E-state index in [1.165, 1.54) is 0 Å². The summed E-state index contributed by atoms with van der Waals surface area (Å²) in [6.45, 7) is 4.43. The Morgan fingerprint density at radius 2 is 1.59 bits per heavy atom. The van der Waals surface area contributed by atoms with Crippen molar-refractivity contribution in [1.29, 1.82) is 0 Å². The highest BCUT2D eigenvalue weighted by atomic mass is 16.5. The van der Waals surface area contributed by atoms with Crippen LogP contribution in [0.15, 0.2) is 72.8 Å². The Morgan fingerprint density at radius 3 is 2.23 bits per heavy atom. The van der Waals surface area contributed by atoms with Gasteiger partial charge in [-0.15, -0.1) is 10.2 Å². The van der Waals surface area contributed by atoms with Gasteiger partial charge in [-0.25, -0.2) is 9.78 Å². The summed E-state index contributed by atoms with van der Waals surface area (Å²) < 4.78 is 6.29. The number of benzene rings is 3. The number of H-pyrrole nitrogens is 1. The third kappa shape index (κ3) is 5.82. The topological polar surface area (TPSA) is 127 Å². The van der Waals surface area contributed by atoms with Crippen molar-refractivity contribution in [3.05, 3.63) is 107 Å². The van der Waals surface area contributed by atoms with Crippen molar-refractivity contribution >= 4 is 5.97 Å². The fourth-order valence-corrected chi connectivity index (χ4v) is 4.41. The van der Waals surface area contributed by atoms with Crippen LogP contribution >= 0.6 is 0 Å². The van der Waals surface area contributed by atoms with Crippen LogP contribution in [-0.2, 0) is 25.9 Å². The molecule has 5 aromatic rings. The molecular formula is C30H28N6O3. The zero-order chi connectivity index (χ0) is 27.2. The molecule has 3 aromatic carbocycles. The molecule has 0 saturated carbocycles. The highest BCUT2D eigenvalue weighted by Gasteiger charge is 2.16. The van der Waals surface area contributed by atoms with E-state index in [-0.39, 0.29) is 5.56 Å². The fraction of sp³-hybridized carbons (Fsp3) is 0.200. The lowest BCUT2D eigenvalue weighted by molar-refractivity contribution is 0.0697. The van der Waals surface area contributed by atoms with Gasteiger partial charge < -0.3 is 9.84 Å². The van der Waals surface area contributed by atoms with Gasteiger partial charge in [0.25, 0.3) is 0 Å². The molecule has 9 nitrogen and oxygen atoms in total. The van der Waals surface area contributed by atoms with Crippen molar-refractivity contribution in [2.45, 2.75) is 39.7 Å². The smallest absolute Gasteiger partial charge is 0.335 e. The van der Waals surface area contributed by atoms with Crippen LogP contribution < -0.4 is 4.74 Å². The average molecular weight is 521 g/mol. The van der Waals surface area contributed by atoms with Gasteiger partial charge in [-0.2, -0.15) is 10.2 Å². The lowest BCUT2D eigenvalue weighted by Gasteiger charge is -2.16. The highest BCUT2D eigenvalue weighted by molar-refractivity contribution is 5.87. The van der Waals surface area contributed by atoms with Crippen LogP contribution in [0.1, 0.15) is 52.4 Å². The molecule has 0 aliphatic carbocycles. The molecule has 0 aliphatic rings. The Kier molecular flexibility index (Phi) is 7.68. The molecule has 2 aromatic heterocycles. The van der Waals surface area contributed by atoms with E-state index < -0.39 is 5.97 Å². The predicted octanol–water partition coefficient (Wildman–Crippen LogP) is 5.32. The van der Waals surface area contributed by atoms with Gasteiger partial charge in [0.15, 0.2) is 0 Å². The number of nitrogens with zero attached hydrogens (tertiary/aromatic N) is 5. The third-order valence-corrected chi connectivity index (χ3v) is 6.49. The van der Waals surface area contributed by atoms with E-state index in [0.29, 0.717) is 31.2 Å². The van der Waals surface area contributed by atoms with E-state index in [0.717, 1.165) is 51.3 Å². The van der Waals surface area contributed by atoms with Gasteiger partial charge in [0.2, 0.25) is 11.7 Å². The van der Waals surface area contributed by atoms with Crippen molar-refractivity contribution in [2.24, 2.45) is 0 Å². The number of hydrogen-bond acceptors (Lipinski definition) is 7. The molecule has 0 unspecified atom stereocenters. The quantitative estimate of drug-likeness (QED) is 0.253. The maximum absolute atomic E-state index is 11.2. The van der Waals surface area contributed by atoms with Gasteiger partial charge in [0.05, 0.1) is 11.3 Å². The molecule has 9 heteroatoms. The fourth-order valence-electron chi connectivity index (χ4n) is 4.41. The molecule has 2 N–H and O–H groups in total. The average Bonchev–Trinajstić information content (AvgIpc) is 3.52. The molecule has 2 heterocycles. The van der Waals surface area contributed by atoms with Crippen molar-refractivity contribution in [3.63, 3.8) is 0 Å². The second kappa shape index (κ2) is 11.6. The van der Waals surface area contributed by atoms with Gasteiger partial charge >= 0.3 is 5.97 Å². The van der Waals surface area contributed by atoms with Crippen LogP contribution in [-0.4, -0.2) is 41.7 Å². The summed E-state index contributed by atoms with van der Waals surface area (Å²) in [7, 11) is 0. The molecular weight excluding hydrogens is 492 g/mol. The molecule has 0 atom stereocenters. The number of aromatic amines is 1. The van der Waals surface area contributed by atoms with Crippen LogP contribution in [0, 0.1) is 0 Å². The maximum atomic E-state index is 11.2. The predicted molar refractivity (Wildman–Crippen MR) is 146 cm³/mol. The molecule has 0 saturated heterocycles. The van der Waals surface area contributed by atoms with Crippen LogP contribution in [0.2, 0.25) is 0 Å². The zero-order valence-electron chi connectivity index (χ0n) is 21.8. The summed E-state index contributed by atoms with van der Waals surface area (Å²) >= 11 is 0. The van der Waals surface area contributed by atoms with Crippen molar-refractivity contribution in [2.75, 3.05) is 0 Å². The minimum Gasteiger partial charge on any atom is -0.478 e. The van der Waals surface area contributed by atoms with Gasteiger partial charge in [-0.05, 0) is 46.0 Å². The molecule has 0 aliphatic heterocycles. The number of carboxylic acids is 1. The molecule has 196 valence electrons.